The molecule has 1 fully saturated rings. The summed E-state index contributed by atoms with van der Waals surface area (Å²) in [7, 11) is 3.44. The van der Waals surface area contributed by atoms with Gasteiger partial charge in [-0.25, -0.2) is 0 Å². The Balaban J connectivity index is 2.03. The van der Waals surface area contributed by atoms with Crippen molar-refractivity contribution in [3.8, 4) is 0 Å². The minimum absolute atomic E-state index is 0.104. The molecule has 0 saturated carbocycles. The van der Waals surface area contributed by atoms with Gasteiger partial charge >= 0.3 is 0 Å². The molecule has 176 valence electrons. The van der Waals surface area contributed by atoms with Crippen molar-refractivity contribution < 1.29 is 9.59 Å². The van der Waals surface area contributed by atoms with Crippen molar-refractivity contribution in [2.75, 3.05) is 19.4 Å². The van der Waals surface area contributed by atoms with Crippen LogP contribution in [-0.4, -0.2) is 42.9 Å². The summed E-state index contributed by atoms with van der Waals surface area (Å²) in [6, 6.07) is 9.76. The number of nitrogens with zero attached hydrogens (tertiary/aromatic N) is 1. The Labute approximate surface area is 209 Å². The van der Waals surface area contributed by atoms with Crippen molar-refractivity contribution in [2.24, 2.45) is 5.41 Å². The first-order valence-corrected chi connectivity index (χ1v) is 12.0. The van der Waals surface area contributed by atoms with Crippen molar-refractivity contribution in [3.05, 3.63) is 62.6 Å². The molecule has 0 radical (unpaired) electrons. The number of nitrogens with one attached hydrogen (secondary N) is 2. The van der Waals surface area contributed by atoms with Gasteiger partial charge in [0.05, 0.1) is 6.04 Å². The highest BCUT2D eigenvalue weighted by Gasteiger charge is 2.65. The maximum absolute atomic E-state index is 14.0. The molecular weight excluding hydrogens is 481 g/mol. The molecule has 4 rings (SSSR count). The lowest BCUT2D eigenvalue weighted by atomic mass is 9.62. The van der Waals surface area contributed by atoms with E-state index >= 15 is 0 Å². The Hall–Kier alpha value is -1.79. The average molecular weight is 509 g/mol. The Kier molecular flexibility index (Phi) is 6.24. The predicted molar refractivity (Wildman–Crippen MR) is 134 cm³/mol. The maximum atomic E-state index is 14.0. The second kappa shape index (κ2) is 8.46. The van der Waals surface area contributed by atoms with Crippen LogP contribution in [0.5, 0.6) is 0 Å². The van der Waals surface area contributed by atoms with Crippen molar-refractivity contribution in [2.45, 2.75) is 50.6 Å². The summed E-state index contributed by atoms with van der Waals surface area (Å²) in [4.78, 5) is 29.0. The van der Waals surface area contributed by atoms with Gasteiger partial charge in [-0.05, 0) is 53.3 Å². The number of rotatable bonds is 3. The van der Waals surface area contributed by atoms with Crippen LogP contribution in [0.15, 0.2) is 36.4 Å². The van der Waals surface area contributed by atoms with E-state index in [0.717, 1.165) is 11.1 Å². The first-order valence-electron chi connectivity index (χ1n) is 10.9. The molecule has 0 unspecified atom stereocenters. The first-order chi connectivity index (χ1) is 15.3. The van der Waals surface area contributed by atoms with Crippen molar-refractivity contribution >= 4 is 52.3 Å². The quantitative estimate of drug-likeness (QED) is 0.577. The third-order valence-electron chi connectivity index (χ3n) is 6.57. The SMILES string of the molecule is CN(C)C(=O)[C@@H]1N[C@H](CC(C)(C)C)[C@]2(C(=O)Nc3cc(Cl)ccc32)[C@H]1c1cc(Cl)cc(Cl)c1. The van der Waals surface area contributed by atoms with Gasteiger partial charge in [0.15, 0.2) is 0 Å². The Morgan fingerprint density at radius 2 is 1.67 bits per heavy atom. The fraction of sp³-hybridized carbons (Fsp3) is 0.440. The zero-order chi connectivity index (χ0) is 24.3. The summed E-state index contributed by atoms with van der Waals surface area (Å²) in [6.07, 6.45) is 0.671. The summed E-state index contributed by atoms with van der Waals surface area (Å²) < 4.78 is 0. The fourth-order valence-electron chi connectivity index (χ4n) is 5.44. The number of halogens is 3. The number of amides is 2. The van der Waals surface area contributed by atoms with Crippen LogP contribution in [0, 0.1) is 5.41 Å². The van der Waals surface area contributed by atoms with Crippen LogP contribution >= 0.6 is 34.8 Å². The monoisotopic (exact) mass is 507 g/mol. The summed E-state index contributed by atoms with van der Waals surface area (Å²) in [5, 5.41) is 8.06. The van der Waals surface area contributed by atoms with E-state index in [1.807, 2.05) is 6.07 Å². The molecule has 2 aliphatic rings. The molecule has 2 heterocycles. The van der Waals surface area contributed by atoms with E-state index in [4.69, 9.17) is 34.8 Å². The molecule has 2 aromatic carbocycles. The highest BCUT2D eigenvalue weighted by atomic mass is 35.5. The summed E-state index contributed by atoms with van der Waals surface area (Å²) >= 11 is 19.1. The number of hydrogen-bond acceptors (Lipinski definition) is 3. The van der Waals surface area contributed by atoms with E-state index in [1.54, 1.807) is 49.3 Å². The zero-order valence-corrected chi connectivity index (χ0v) is 21.6. The van der Waals surface area contributed by atoms with Crippen LogP contribution in [0.4, 0.5) is 5.69 Å². The van der Waals surface area contributed by atoms with Crippen LogP contribution in [0.2, 0.25) is 15.1 Å². The van der Waals surface area contributed by atoms with E-state index in [0.29, 0.717) is 27.2 Å². The third kappa shape index (κ3) is 4.14. The molecular formula is C25H28Cl3N3O2. The molecule has 2 aliphatic heterocycles. The normalized spacial score (nSPS) is 26.4. The second-order valence-corrected chi connectivity index (χ2v) is 11.7. The van der Waals surface area contributed by atoms with E-state index < -0.39 is 17.4 Å². The molecule has 2 N–H and O–H groups in total. The lowest BCUT2D eigenvalue weighted by molar-refractivity contribution is -0.131. The molecule has 5 nitrogen and oxygen atoms in total. The predicted octanol–water partition coefficient (Wildman–Crippen LogP) is 5.49. The van der Waals surface area contributed by atoms with Gasteiger partial charge in [-0.2, -0.15) is 0 Å². The summed E-state index contributed by atoms with van der Waals surface area (Å²) in [6.45, 7) is 6.39. The molecule has 2 amide bonds. The maximum Gasteiger partial charge on any atom is 0.239 e. The number of likely N-dealkylation sites (N-methyl/N-ethyl adjacent to an activating group) is 1. The van der Waals surface area contributed by atoms with Crippen LogP contribution in [0.3, 0.4) is 0 Å². The topological polar surface area (TPSA) is 61.4 Å². The highest BCUT2D eigenvalue weighted by Crippen LogP contribution is 2.57. The molecule has 0 aromatic heterocycles. The van der Waals surface area contributed by atoms with Gasteiger partial charge < -0.3 is 15.5 Å². The largest absolute Gasteiger partial charge is 0.347 e. The van der Waals surface area contributed by atoms with Crippen LogP contribution in [0.25, 0.3) is 0 Å². The number of fused-ring (bicyclic) bond motifs is 2. The van der Waals surface area contributed by atoms with E-state index in [1.165, 1.54) is 0 Å². The van der Waals surface area contributed by atoms with Gasteiger partial charge in [0.25, 0.3) is 0 Å². The molecule has 8 heteroatoms. The molecule has 33 heavy (non-hydrogen) atoms. The minimum Gasteiger partial charge on any atom is -0.347 e. The number of hydrogen-bond donors (Lipinski definition) is 2. The molecule has 1 saturated heterocycles. The van der Waals surface area contributed by atoms with Crippen molar-refractivity contribution in [1.29, 1.82) is 0 Å². The summed E-state index contributed by atoms with van der Waals surface area (Å²) in [5.41, 5.74) is 1.09. The number of anilines is 1. The van der Waals surface area contributed by atoms with E-state index in [-0.39, 0.29) is 23.3 Å². The number of carbonyl (C=O) groups is 2. The van der Waals surface area contributed by atoms with Gasteiger partial charge in [0.2, 0.25) is 11.8 Å². The molecule has 0 bridgehead atoms. The van der Waals surface area contributed by atoms with E-state index in [9.17, 15) is 9.59 Å². The highest BCUT2D eigenvalue weighted by molar-refractivity contribution is 6.34. The van der Waals surface area contributed by atoms with Gasteiger partial charge in [0, 0.05) is 46.8 Å². The van der Waals surface area contributed by atoms with Crippen molar-refractivity contribution in [1.82, 2.24) is 10.2 Å². The summed E-state index contributed by atoms with van der Waals surface area (Å²) in [5.74, 6) is -0.794. The second-order valence-electron chi connectivity index (χ2n) is 10.4. The molecule has 1 spiro atoms. The lowest BCUT2D eigenvalue weighted by Gasteiger charge is -2.37. The molecule has 2 aromatic rings. The van der Waals surface area contributed by atoms with Gasteiger partial charge in [-0.3, -0.25) is 9.59 Å². The Bertz CT molecular complexity index is 1110. The smallest absolute Gasteiger partial charge is 0.239 e. The average Bonchev–Trinajstić information content (AvgIpc) is 3.14. The van der Waals surface area contributed by atoms with Gasteiger partial charge in [-0.15, -0.1) is 0 Å². The minimum atomic E-state index is -1.04. The molecule has 0 aliphatic carbocycles. The first kappa shape index (κ1) is 24.3. The molecule has 4 atom stereocenters. The Morgan fingerprint density at radius 1 is 1.03 bits per heavy atom. The van der Waals surface area contributed by atoms with Crippen LogP contribution in [0.1, 0.15) is 44.2 Å². The van der Waals surface area contributed by atoms with E-state index in [2.05, 4.69) is 31.4 Å². The van der Waals surface area contributed by atoms with Crippen LogP contribution < -0.4 is 10.6 Å². The van der Waals surface area contributed by atoms with Crippen LogP contribution in [-0.2, 0) is 15.0 Å². The zero-order valence-electron chi connectivity index (χ0n) is 19.3. The van der Waals surface area contributed by atoms with Gasteiger partial charge in [0.1, 0.15) is 5.41 Å². The lowest BCUT2D eigenvalue weighted by Crippen LogP contribution is -2.49. The third-order valence-corrected chi connectivity index (χ3v) is 7.24. The standard InChI is InChI=1S/C25H28Cl3N3O2/c1-24(2,3)12-19-25(17-7-6-14(26)11-18(17)29-23(25)33)20(21(30-19)22(32)31(4)5)13-8-15(27)10-16(28)9-13/h6-11,19-21,30H,12H2,1-5H3,(H,29,33)/t19-,20+,21-,25+/m1/s1. The Morgan fingerprint density at radius 3 is 2.24 bits per heavy atom. The fourth-order valence-corrected chi connectivity index (χ4v) is 6.16. The number of benzene rings is 2. The van der Waals surface area contributed by atoms with Gasteiger partial charge in [-0.1, -0.05) is 61.6 Å². The van der Waals surface area contributed by atoms with Crippen molar-refractivity contribution in [3.63, 3.8) is 0 Å². The number of carbonyl (C=O) groups excluding carboxylic acids is 2.